The van der Waals surface area contributed by atoms with Gasteiger partial charge in [0.05, 0.1) is 28.6 Å². The van der Waals surface area contributed by atoms with Crippen LogP contribution >= 0.6 is 45.2 Å². The first-order chi connectivity index (χ1) is 15.3. The minimum atomic E-state index is -0.489. The van der Waals surface area contributed by atoms with Crippen LogP contribution in [0.25, 0.3) is 11.6 Å². The van der Waals surface area contributed by atoms with Crippen molar-refractivity contribution in [2.45, 2.75) is 6.61 Å². The van der Waals surface area contributed by atoms with Gasteiger partial charge in [0.15, 0.2) is 0 Å². The molecule has 0 bridgehead atoms. The zero-order valence-electron chi connectivity index (χ0n) is 16.2. The highest BCUT2D eigenvalue weighted by molar-refractivity contribution is 14.1. The number of nitro groups is 2. The van der Waals surface area contributed by atoms with E-state index in [9.17, 15) is 25.5 Å². The van der Waals surface area contributed by atoms with Gasteiger partial charge in [-0.2, -0.15) is 5.26 Å². The van der Waals surface area contributed by atoms with Gasteiger partial charge in [0.2, 0.25) is 0 Å². The molecule has 0 unspecified atom stereocenters. The summed E-state index contributed by atoms with van der Waals surface area (Å²) in [5.74, 6) is 0.642. The van der Waals surface area contributed by atoms with Crippen molar-refractivity contribution in [2.24, 2.45) is 0 Å². The van der Waals surface area contributed by atoms with Gasteiger partial charge >= 0.3 is 0 Å². The molecule has 8 nitrogen and oxygen atoms in total. The Labute approximate surface area is 210 Å². The second kappa shape index (κ2) is 10.5. The summed E-state index contributed by atoms with van der Waals surface area (Å²) < 4.78 is 7.53. The van der Waals surface area contributed by atoms with Gasteiger partial charge in [-0.3, -0.25) is 20.2 Å². The molecule has 160 valence electrons. The van der Waals surface area contributed by atoms with Crippen molar-refractivity contribution >= 4 is 68.2 Å². The fraction of sp³-hybridized carbons (Fsp3) is 0.0455. The summed E-state index contributed by atoms with van der Waals surface area (Å²) in [4.78, 5) is 20.8. The number of allylic oxidation sites excluding steroid dienone is 1. The molecule has 10 heteroatoms. The number of ether oxygens (including phenoxy) is 1. The molecule has 0 aromatic heterocycles. The lowest BCUT2D eigenvalue weighted by molar-refractivity contribution is -0.385. The molecule has 0 radical (unpaired) electrons. The molecule has 3 aromatic carbocycles. The third-order valence-electron chi connectivity index (χ3n) is 4.35. The maximum Gasteiger partial charge on any atom is 0.269 e. The van der Waals surface area contributed by atoms with E-state index in [1.165, 1.54) is 24.3 Å². The molecule has 0 saturated heterocycles. The molecule has 0 heterocycles. The van der Waals surface area contributed by atoms with Crippen LogP contribution in [0.15, 0.2) is 60.7 Å². The number of hydrogen-bond acceptors (Lipinski definition) is 6. The first-order valence-corrected chi connectivity index (χ1v) is 11.2. The molecular weight excluding hydrogens is 640 g/mol. The average molecular weight is 653 g/mol. The summed E-state index contributed by atoms with van der Waals surface area (Å²) in [5, 5.41) is 31.3. The van der Waals surface area contributed by atoms with Crippen LogP contribution in [-0.4, -0.2) is 9.85 Å². The minimum Gasteiger partial charge on any atom is -0.487 e. The van der Waals surface area contributed by atoms with Crippen LogP contribution in [0.4, 0.5) is 11.4 Å². The Balaban J connectivity index is 1.83. The van der Waals surface area contributed by atoms with E-state index in [0.717, 1.165) is 12.7 Å². The first kappa shape index (κ1) is 23.6. The van der Waals surface area contributed by atoms with E-state index in [4.69, 9.17) is 4.74 Å². The number of non-ortho nitro benzene ring substituents is 2. The Morgan fingerprint density at radius 2 is 1.59 bits per heavy atom. The van der Waals surface area contributed by atoms with Gasteiger partial charge in [0.25, 0.3) is 11.4 Å². The lowest BCUT2D eigenvalue weighted by atomic mass is 10.0. The molecule has 0 spiro atoms. The fourth-order valence-electron chi connectivity index (χ4n) is 2.83. The van der Waals surface area contributed by atoms with Gasteiger partial charge < -0.3 is 4.74 Å². The van der Waals surface area contributed by atoms with E-state index in [-0.39, 0.29) is 18.0 Å². The highest BCUT2D eigenvalue weighted by Gasteiger charge is 2.12. The van der Waals surface area contributed by atoms with Gasteiger partial charge in [-0.05, 0) is 92.2 Å². The first-order valence-electron chi connectivity index (χ1n) is 9.00. The van der Waals surface area contributed by atoms with Crippen LogP contribution < -0.4 is 4.74 Å². The van der Waals surface area contributed by atoms with E-state index in [0.29, 0.717) is 22.4 Å². The zero-order valence-corrected chi connectivity index (χ0v) is 20.5. The molecule has 0 fully saturated rings. The highest BCUT2D eigenvalue weighted by atomic mass is 127. The molecule has 0 aliphatic heterocycles. The topological polar surface area (TPSA) is 119 Å². The summed E-state index contributed by atoms with van der Waals surface area (Å²) in [6.45, 7) is 0.176. The number of nitrogens with zero attached hydrogens (tertiary/aromatic N) is 3. The van der Waals surface area contributed by atoms with Crippen LogP contribution in [0.1, 0.15) is 16.7 Å². The smallest absolute Gasteiger partial charge is 0.269 e. The largest absolute Gasteiger partial charge is 0.487 e. The normalized spacial score (nSPS) is 11.0. The van der Waals surface area contributed by atoms with Crippen LogP contribution in [0.3, 0.4) is 0 Å². The molecule has 3 aromatic rings. The Kier molecular flexibility index (Phi) is 7.75. The van der Waals surface area contributed by atoms with Gasteiger partial charge in [0.1, 0.15) is 12.4 Å². The van der Waals surface area contributed by atoms with Crippen LogP contribution in [0.5, 0.6) is 5.75 Å². The average Bonchev–Trinajstić information content (AvgIpc) is 2.77. The highest BCUT2D eigenvalue weighted by Crippen LogP contribution is 2.31. The molecule has 3 rings (SSSR count). The van der Waals surface area contributed by atoms with Crippen molar-refractivity contribution in [3.8, 4) is 11.8 Å². The van der Waals surface area contributed by atoms with Crippen molar-refractivity contribution in [3.05, 3.63) is 105 Å². The number of hydrogen-bond donors (Lipinski definition) is 0. The number of benzene rings is 3. The summed E-state index contributed by atoms with van der Waals surface area (Å²) >= 11 is 4.26. The second-order valence-electron chi connectivity index (χ2n) is 6.50. The van der Waals surface area contributed by atoms with E-state index >= 15 is 0 Å². The molecule has 0 atom stereocenters. The number of nitriles is 1. The SMILES string of the molecule is N#C/C(=C/c1cc(I)c(OCc2cccc([N+](=O)[O-])c2)c(I)c1)c1ccc([N+](=O)[O-])cc1. The Hall–Kier alpha value is -3.05. The zero-order chi connectivity index (χ0) is 23.3. The number of rotatable bonds is 7. The van der Waals surface area contributed by atoms with E-state index in [2.05, 4.69) is 51.3 Å². The standard InChI is InChI=1S/C22H13I2N3O5/c23-20-10-15(8-17(12-25)16-4-6-18(7-5-16)26(28)29)11-21(24)22(20)32-13-14-2-1-3-19(9-14)27(30)31/h1-11H,13H2/b17-8-. The Bertz CT molecular complexity index is 1240. The van der Waals surface area contributed by atoms with Crippen LogP contribution in [-0.2, 0) is 6.61 Å². The summed E-state index contributed by atoms with van der Waals surface area (Å²) in [5.41, 5.74) is 2.37. The van der Waals surface area contributed by atoms with Crippen LogP contribution in [0, 0.1) is 38.7 Å². The summed E-state index contributed by atoms with van der Waals surface area (Å²) in [6, 6.07) is 17.9. The molecule has 32 heavy (non-hydrogen) atoms. The van der Waals surface area contributed by atoms with Crippen molar-refractivity contribution < 1.29 is 14.6 Å². The molecule has 0 saturated carbocycles. The van der Waals surface area contributed by atoms with Crippen molar-refractivity contribution in [1.29, 1.82) is 5.26 Å². The van der Waals surface area contributed by atoms with Crippen molar-refractivity contribution in [1.82, 2.24) is 0 Å². The third-order valence-corrected chi connectivity index (χ3v) is 5.95. The van der Waals surface area contributed by atoms with Crippen LogP contribution in [0.2, 0.25) is 0 Å². The predicted molar refractivity (Wildman–Crippen MR) is 136 cm³/mol. The van der Waals surface area contributed by atoms with Crippen molar-refractivity contribution in [3.63, 3.8) is 0 Å². The monoisotopic (exact) mass is 653 g/mol. The van der Waals surface area contributed by atoms with Crippen molar-refractivity contribution in [2.75, 3.05) is 0 Å². The fourth-order valence-corrected chi connectivity index (χ4v) is 4.95. The molecule has 0 N–H and O–H groups in total. The quantitative estimate of drug-likeness (QED) is 0.0964. The maximum atomic E-state index is 10.9. The van der Waals surface area contributed by atoms with Gasteiger partial charge in [0, 0.05) is 24.3 Å². The summed E-state index contributed by atoms with van der Waals surface area (Å²) in [6.07, 6.45) is 1.70. The van der Waals surface area contributed by atoms with E-state index in [1.807, 2.05) is 12.1 Å². The predicted octanol–water partition coefficient (Wildman–Crippen LogP) is 6.36. The lowest BCUT2D eigenvalue weighted by Crippen LogP contribution is -2.00. The third kappa shape index (κ3) is 5.80. The Morgan fingerprint density at radius 3 is 2.16 bits per heavy atom. The van der Waals surface area contributed by atoms with Gasteiger partial charge in [-0.25, -0.2) is 0 Å². The number of halogens is 2. The molecule has 0 amide bonds. The minimum absolute atomic E-state index is 0.00579. The van der Waals surface area contributed by atoms with E-state index in [1.54, 1.807) is 30.3 Å². The summed E-state index contributed by atoms with van der Waals surface area (Å²) in [7, 11) is 0. The second-order valence-corrected chi connectivity index (χ2v) is 8.83. The Morgan fingerprint density at radius 1 is 0.969 bits per heavy atom. The van der Waals surface area contributed by atoms with Gasteiger partial charge in [-0.1, -0.05) is 12.1 Å². The molecule has 0 aliphatic carbocycles. The number of nitro benzene ring substituents is 2. The maximum absolute atomic E-state index is 10.9. The molecule has 0 aliphatic rings. The molecular formula is C22H13I2N3O5. The van der Waals surface area contributed by atoms with Gasteiger partial charge in [-0.15, -0.1) is 0 Å². The lowest BCUT2D eigenvalue weighted by Gasteiger charge is -2.12. The van der Waals surface area contributed by atoms with E-state index < -0.39 is 9.85 Å².